The van der Waals surface area contributed by atoms with Crippen LogP contribution in [0.25, 0.3) is 0 Å². The molecule has 0 radical (unpaired) electrons. The Morgan fingerprint density at radius 2 is 1.89 bits per heavy atom. The fourth-order valence-electron chi connectivity index (χ4n) is 4.20. The summed E-state index contributed by atoms with van der Waals surface area (Å²) in [4.78, 5) is 20.1. The Labute approximate surface area is 168 Å². The van der Waals surface area contributed by atoms with E-state index in [0.29, 0.717) is 18.5 Å². The van der Waals surface area contributed by atoms with Gasteiger partial charge in [-0.2, -0.15) is 0 Å². The van der Waals surface area contributed by atoms with Crippen LogP contribution in [0.1, 0.15) is 57.6 Å². The minimum Gasteiger partial charge on any atom is -0.339 e. The molecule has 2 aliphatic rings. The molecular formula is C22H33N3OS. The number of nitrogens with one attached hydrogen (secondary N) is 1. The van der Waals surface area contributed by atoms with Gasteiger partial charge in [0, 0.05) is 17.5 Å². The molecule has 4 nitrogen and oxygen atoms in total. The maximum atomic E-state index is 12.9. The topological polar surface area (TPSA) is 44.7 Å². The van der Waals surface area contributed by atoms with Crippen molar-refractivity contribution < 1.29 is 4.79 Å². The molecule has 0 unspecified atom stereocenters. The summed E-state index contributed by atoms with van der Waals surface area (Å²) in [6.45, 7) is 11.2. The zero-order valence-electron chi connectivity index (χ0n) is 17.3. The summed E-state index contributed by atoms with van der Waals surface area (Å²) >= 11 is 1.80. The quantitative estimate of drug-likeness (QED) is 0.790. The third-order valence-corrected chi connectivity index (χ3v) is 6.92. The maximum Gasteiger partial charge on any atom is 0.243 e. The van der Waals surface area contributed by atoms with Crippen molar-refractivity contribution in [2.24, 2.45) is 10.9 Å². The van der Waals surface area contributed by atoms with Gasteiger partial charge in [-0.15, -0.1) is 0 Å². The Morgan fingerprint density at radius 3 is 2.48 bits per heavy atom. The number of carbonyl (C=O) groups excluding carboxylic acids is 1. The molecule has 1 amide bonds. The van der Waals surface area contributed by atoms with E-state index in [1.807, 2.05) is 12.1 Å². The first kappa shape index (κ1) is 20.2. The monoisotopic (exact) mass is 387 g/mol. The third kappa shape index (κ3) is 5.28. The lowest BCUT2D eigenvalue weighted by atomic mass is 9.85. The van der Waals surface area contributed by atoms with E-state index < -0.39 is 0 Å². The molecule has 3 rings (SSSR count). The van der Waals surface area contributed by atoms with E-state index in [1.165, 1.54) is 30.4 Å². The van der Waals surface area contributed by atoms with Gasteiger partial charge in [-0.1, -0.05) is 37.6 Å². The second kappa shape index (κ2) is 8.26. The summed E-state index contributed by atoms with van der Waals surface area (Å²) in [6, 6.07) is 6.59. The summed E-state index contributed by atoms with van der Waals surface area (Å²) < 4.78 is 0. The van der Waals surface area contributed by atoms with Gasteiger partial charge in [-0.3, -0.25) is 9.79 Å². The third-order valence-electron chi connectivity index (χ3n) is 5.48. The lowest BCUT2D eigenvalue weighted by Crippen LogP contribution is -2.47. The van der Waals surface area contributed by atoms with E-state index in [1.54, 1.807) is 11.8 Å². The summed E-state index contributed by atoms with van der Waals surface area (Å²) in [5.74, 6) is 1.63. The van der Waals surface area contributed by atoms with Gasteiger partial charge in [0.25, 0.3) is 0 Å². The smallest absolute Gasteiger partial charge is 0.243 e. The molecule has 1 fully saturated rings. The molecule has 0 bridgehead atoms. The van der Waals surface area contributed by atoms with Crippen LogP contribution >= 0.6 is 11.8 Å². The van der Waals surface area contributed by atoms with Crippen molar-refractivity contribution in [2.75, 3.05) is 17.6 Å². The predicted octanol–water partition coefficient (Wildman–Crippen LogP) is 5.00. The minimum atomic E-state index is -0.0414. The van der Waals surface area contributed by atoms with Crippen LogP contribution in [0, 0.1) is 19.8 Å². The Hall–Kier alpha value is -1.49. The van der Waals surface area contributed by atoms with Crippen LogP contribution in [0.4, 0.5) is 5.69 Å². The summed E-state index contributed by atoms with van der Waals surface area (Å²) in [7, 11) is 0. The fourth-order valence-corrected chi connectivity index (χ4v) is 5.42. The number of rotatable bonds is 4. The number of aliphatic imine (C=N–C) groups is 1. The largest absolute Gasteiger partial charge is 0.339 e. The molecule has 1 aromatic carbocycles. The van der Waals surface area contributed by atoms with Gasteiger partial charge in [0.1, 0.15) is 0 Å². The Morgan fingerprint density at radius 1 is 1.22 bits per heavy atom. The number of aryl methyl sites for hydroxylation is 2. The molecule has 1 aromatic rings. The molecule has 1 aliphatic carbocycles. The molecule has 27 heavy (non-hydrogen) atoms. The van der Waals surface area contributed by atoms with Crippen molar-refractivity contribution in [2.45, 2.75) is 71.9 Å². The molecule has 1 saturated carbocycles. The van der Waals surface area contributed by atoms with Crippen molar-refractivity contribution in [3.63, 3.8) is 0 Å². The van der Waals surface area contributed by atoms with Crippen molar-refractivity contribution in [3.8, 4) is 0 Å². The number of hydrogen-bond donors (Lipinski definition) is 1. The van der Waals surface area contributed by atoms with Crippen molar-refractivity contribution in [1.82, 2.24) is 4.90 Å². The molecule has 1 heterocycles. The summed E-state index contributed by atoms with van der Waals surface area (Å²) in [5, 5.41) is 4.16. The Balaban J connectivity index is 1.77. The molecule has 2 atom stereocenters. The van der Waals surface area contributed by atoms with E-state index in [0.717, 1.165) is 23.0 Å². The number of amides is 1. The van der Waals surface area contributed by atoms with E-state index in [9.17, 15) is 4.79 Å². The molecule has 0 spiro atoms. The number of carbonyl (C=O) groups is 1. The summed E-state index contributed by atoms with van der Waals surface area (Å²) in [6.07, 6.45) is 4.93. The molecule has 148 valence electrons. The van der Waals surface area contributed by atoms with Crippen LogP contribution in [0.2, 0.25) is 0 Å². The van der Waals surface area contributed by atoms with Crippen LogP contribution in [-0.4, -0.2) is 39.9 Å². The maximum absolute atomic E-state index is 12.9. The number of thioether (sulfide) groups is 1. The molecule has 1 N–H and O–H groups in total. The van der Waals surface area contributed by atoms with E-state index in [-0.39, 0.29) is 11.4 Å². The van der Waals surface area contributed by atoms with Crippen LogP contribution < -0.4 is 5.32 Å². The molecular weight excluding hydrogens is 354 g/mol. The first-order valence-corrected chi connectivity index (χ1v) is 11.1. The van der Waals surface area contributed by atoms with E-state index >= 15 is 0 Å². The predicted molar refractivity (Wildman–Crippen MR) is 117 cm³/mol. The highest BCUT2D eigenvalue weighted by Crippen LogP contribution is 2.34. The van der Waals surface area contributed by atoms with Crippen molar-refractivity contribution >= 4 is 28.5 Å². The fraction of sp³-hybridized carbons (Fsp3) is 0.636. The minimum absolute atomic E-state index is 0.0414. The van der Waals surface area contributed by atoms with Gasteiger partial charge < -0.3 is 10.2 Å². The number of amidine groups is 1. The van der Waals surface area contributed by atoms with Crippen molar-refractivity contribution in [3.05, 3.63) is 29.3 Å². The standard InChI is InChI=1S/C22H33N3OS/c1-15-10-16(2)12-18(11-15)23-20(26)13-25(19-9-7-6-8-17(19)3)21-24-22(4,5)14-27-21/h10-12,17,19H,6-9,13-14H2,1-5H3,(H,23,26)/t17-,19-/m0/s1. The average molecular weight is 388 g/mol. The zero-order chi connectivity index (χ0) is 19.6. The van der Waals surface area contributed by atoms with Crippen molar-refractivity contribution in [1.29, 1.82) is 0 Å². The van der Waals surface area contributed by atoms with Crippen LogP contribution in [0.5, 0.6) is 0 Å². The van der Waals surface area contributed by atoms with Gasteiger partial charge in [-0.05, 0) is 69.7 Å². The first-order valence-electron chi connectivity index (χ1n) is 10.1. The van der Waals surface area contributed by atoms with Crippen LogP contribution in [0.3, 0.4) is 0 Å². The lowest BCUT2D eigenvalue weighted by Gasteiger charge is -2.39. The van der Waals surface area contributed by atoms with Gasteiger partial charge >= 0.3 is 0 Å². The number of anilines is 1. The Bertz CT molecular complexity index is 708. The van der Waals surface area contributed by atoms with Crippen LogP contribution in [0.15, 0.2) is 23.2 Å². The highest BCUT2D eigenvalue weighted by Gasteiger charge is 2.35. The van der Waals surface area contributed by atoms with Crippen LogP contribution in [-0.2, 0) is 4.79 Å². The highest BCUT2D eigenvalue weighted by atomic mass is 32.2. The SMILES string of the molecule is Cc1cc(C)cc(NC(=O)CN(C2=NC(C)(C)CS2)[C@H]2CCCC[C@@H]2C)c1. The zero-order valence-corrected chi connectivity index (χ0v) is 18.2. The van der Waals surface area contributed by atoms with Gasteiger partial charge in [0.15, 0.2) is 5.17 Å². The average Bonchev–Trinajstić information content (AvgIpc) is 2.92. The second-order valence-corrected chi connectivity index (χ2v) is 9.82. The number of nitrogens with zero attached hydrogens (tertiary/aromatic N) is 2. The van der Waals surface area contributed by atoms with Gasteiger partial charge in [-0.25, -0.2) is 0 Å². The van der Waals surface area contributed by atoms with E-state index in [4.69, 9.17) is 4.99 Å². The molecule has 0 saturated heterocycles. The normalized spacial score (nSPS) is 24.4. The summed E-state index contributed by atoms with van der Waals surface area (Å²) in [5.41, 5.74) is 3.18. The number of hydrogen-bond acceptors (Lipinski definition) is 4. The van der Waals surface area contributed by atoms with Gasteiger partial charge in [0.05, 0.1) is 12.1 Å². The highest BCUT2D eigenvalue weighted by molar-refractivity contribution is 8.14. The molecule has 0 aromatic heterocycles. The number of benzene rings is 1. The first-order chi connectivity index (χ1) is 12.7. The molecule has 5 heteroatoms. The Kier molecular flexibility index (Phi) is 6.19. The van der Waals surface area contributed by atoms with E-state index in [2.05, 4.69) is 50.9 Å². The lowest BCUT2D eigenvalue weighted by molar-refractivity contribution is -0.117. The molecule has 1 aliphatic heterocycles. The second-order valence-electron chi connectivity index (χ2n) is 8.88. The van der Waals surface area contributed by atoms with Gasteiger partial charge in [0.2, 0.25) is 5.91 Å².